The molecule has 0 unspecified atom stereocenters. The van der Waals surface area contributed by atoms with E-state index in [0.29, 0.717) is 36.8 Å². The molecule has 1 saturated carbocycles. The highest BCUT2D eigenvalue weighted by molar-refractivity contribution is 6.17. The number of amides is 1. The maximum Gasteiger partial charge on any atom is 0.329 e. The Kier molecular flexibility index (Phi) is 7.98. The van der Waals surface area contributed by atoms with Gasteiger partial charge < -0.3 is 19.9 Å². The molecular weight excluding hydrogens is 370 g/mol. The van der Waals surface area contributed by atoms with E-state index < -0.39 is 17.4 Å². The molecule has 7 heteroatoms. The van der Waals surface area contributed by atoms with E-state index in [1.165, 1.54) is 6.08 Å². The smallest absolute Gasteiger partial charge is 0.329 e. The maximum absolute atomic E-state index is 12.3. The van der Waals surface area contributed by atoms with Crippen LogP contribution in [-0.2, 0) is 9.59 Å². The maximum atomic E-state index is 12.3. The number of halogens is 1. The van der Waals surface area contributed by atoms with Crippen LogP contribution in [0.3, 0.4) is 0 Å². The molecule has 0 spiro atoms. The van der Waals surface area contributed by atoms with E-state index >= 15 is 0 Å². The number of hydrogen-bond donors (Lipinski definition) is 2. The largest absolute Gasteiger partial charge is 0.493 e. The zero-order chi connectivity index (χ0) is 19.7. The van der Waals surface area contributed by atoms with Gasteiger partial charge in [-0.1, -0.05) is 25.3 Å². The van der Waals surface area contributed by atoms with E-state index in [0.717, 1.165) is 31.2 Å². The Bertz CT molecular complexity index is 683. The minimum atomic E-state index is -1.16. The number of carboxylic acid groups (broad SMARTS) is 1. The van der Waals surface area contributed by atoms with Crippen LogP contribution in [-0.4, -0.2) is 42.1 Å². The monoisotopic (exact) mass is 395 g/mol. The van der Waals surface area contributed by atoms with Gasteiger partial charge in [-0.3, -0.25) is 4.79 Å². The Labute approximate surface area is 164 Å². The highest BCUT2D eigenvalue weighted by Crippen LogP contribution is 2.30. The summed E-state index contributed by atoms with van der Waals surface area (Å²) in [5, 5.41) is 12.2. The molecule has 1 aliphatic carbocycles. The summed E-state index contributed by atoms with van der Waals surface area (Å²) in [6.45, 7) is 0.495. The number of aliphatic carboxylic acids is 1. The van der Waals surface area contributed by atoms with Crippen molar-refractivity contribution in [3.63, 3.8) is 0 Å². The normalized spacial score (nSPS) is 16.1. The molecule has 1 fully saturated rings. The third-order valence-electron chi connectivity index (χ3n) is 4.63. The molecule has 0 aliphatic heterocycles. The Balaban J connectivity index is 2.03. The molecule has 1 aromatic carbocycles. The highest BCUT2D eigenvalue weighted by atomic mass is 35.5. The fraction of sp³-hybridized carbons (Fsp3) is 0.500. The van der Waals surface area contributed by atoms with Crippen molar-refractivity contribution in [2.45, 2.75) is 44.1 Å². The van der Waals surface area contributed by atoms with Gasteiger partial charge in [-0.05, 0) is 43.0 Å². The zero-order valence-electron chi connectivity index (χ0n) is 15.5. The molecule has 2 rings (SSSR count). The first-order valence-electron chi connectivity index (χ1n) is 9.11. The number of carbonyl (C=O) groups excluding carboxylic acids is 1. The molecule has 27 heavy (non-hydrogen) atoms. The zero-order valence-corrected chi connectivity index (χ0v) is 16.3. The Hall–Kier alpha value is -2.21. The summed E-state index contributed by atoms with van der Waals surface area (Å²) >= 11 is 5.64. The topological polar surface area (TPSA) is 84.9 Å². The van der Waals surface area contributed by atoms with Crippen molar-refractivity contribution in [3.05, 3.63) is 29.8 Å². The van der Waals surface area contributed by atoms with E-state index in [2.05, 4.69) is 5.32 Å². The molecule has 0 bridgehead atoms. The summed E-state index contributed by atoms with van der Waals surface area (Å²) in [7, 11) is 1.55. The standard InChI is InChI=1S/C20H26ClNO5/c1-26-17-14-15(6-8-16(17)27-13-5-12-21)7-9-18(23)22-20(19(24)25)10-3-2-4-11-20/h6-9,14H,2-5,10-13H2,1H3,(H,22,23)(H,24,25). The van der Waals surface area contributed by atoms with Gasteiger partial charge >= 0.3 is 5.97 Å². The van der Waals surface area contributed by atoms with Crippen LogP contribution in [0.4, 0.5) is 0 Å². The lowest BCUT2D eigenvalue weighted by Gasteiger charge is -2.33. The van der Waals surface area contributed by atoms with Crippen LogP contribution in [0, 0.1) is 0 Å². The third kappa shape index (κ3) is 5.89. The number of methoxy groups -OCH3 is 1. The summed E-state index contributed by atoms with van der Waals surface area (Å²) in [6, 6.07) is 5.33. The van der Waals surface area contributed by atoms with Gasteiger partial charge in [-0.2, -0.15) is 0 Å². The summed E-state index contributed by atoms with van der Waals surface area (Å²) in [5.74, 6) is 0.304. The second kappa shape index (κ2) is 10.2. The van der Waals surface area contributed by atoms with Crippen molar-refractivity contribution in [3.8, 4) is 11.5 Å². The first kappa shape index (κ1) is 21.1. The van der Waals surface area contributed by atoms with Crippen molar-refractivity contribution >= 4 is 29.6 Å². The molecule has 0 atom stereocenters. The average molecular weight is 396 g/mol. The Morgan fingerprint density at radius 1 is 1.26 bits per heavy atom. The summed E-state index contributed by atoms with van der Waals surface area (Å²) < 4.78 is 10.9. The molecule has 6 nitrogen and oxygen atoms in total. The molecule has 0 radical (unpaired) electrons. The van der Waals surface area contributed by atoms with Crippen LogP contribution in [0.25, 0.3) is 6.08 Å². The van der Waals surface area contributed by atoms with Crippen molar-refractivity contribution in [1.82, 2.24) is 5.32 Å². The van der Waals surface area contributed by atoms with Gasteiger partial charge in [0.25, 0.3) is 0 Å². The van der Waals surface area contributed by atoms with Gasteiger partial charge in [0.1, 0.15) is 5.54 Å². The lowest BCUT2D eigenvalue weighted by atomic mass is 9.81. The van der Waals surface area contributed by atoms with Gasteiger partial charge in [-0.15, -0.1) is 11.6 Å². The molecule has 0 aromatic heterocycles. The SMILES string of the molecule is COc1cc(C=CC(=O)NC2(C(=O)O)CCCCC2)ccc1OCCCCl. The lowest BCUT2D eigenvalue weighted by molar-refractivity contribution is -0.148. The van der Waals surface area contributed by atoms with Crippen LogP contribution in [0.15, 0.2) is 24.3 Å². The Morgan fingerprint density at radius 2 is 2.00 bits per heavy atom. The van der Waals surface area contributed by atoms with E-state index in [9.17, 15) is 14.7 Å². The predicted octanol–water partition coefficient (Wildman–Crippen LogP) is 3.62. The van der Waals surface area contributed by atoms with Crippen LogP contribution in [0.2, 0.25) is 0 Å². The van der Waals surface area contributed by atoms with Crippen LogP contribution >= 0.6 is 11.6 Å². The minimum absolute atomic E-state index is 0.416. The van der Waals surface area contributed by atoms with E-state index in [-0.39, 0.29) is 0 Å². The molecule has 1 aliphatic rings. The average Bonchev–Trinajstić information content (AvgIpc) is 2.67. The number of nitrogens with one attached hydrogen (secondary N) is 1. The van der Waals surface area contributed by atoms with Gasteiger partial charge in [0, 0.05) is 12.0 Å². The molecule has 2 N–H and O–H groups in total. The number of hydrogen-bond acceptors (Lipinski definition) is 4. The Morgan fingerprint density at radius 3 is 2.63 bits per heavy atom. The minimum Gasteiger partial charge on any atom is -0.493 e. The first-order valence-corrected chi connectivity index (χ1v) is 9.64. The van der Waals surface area contributed by atoms with Crippen LogP contribution in [0.1, 0.15) is 44.1 Å². The molecule has 0 heterocycles. The van der Waals surface area contributed by atoms with Gasteiger partial charge in [0.2, 0.25) is 5.91 Å². The highest BCUT2D eigenvalue weighted by Gasteiger charge is 2.40. The first-order chi connectivity index (χ1) is 13.0. The lowest BCUT2D eigenvalue weighted by Crippen LogP contribution is -2.55. The van der Waals surface area contributed by atoms with Crippen LogP contribution < -0.4 is 14.8 Å². The van der Waals surface area contributed by atoms with Crippen molar-refractivity contribution < 1.29 is 24.2 Å². The van der Waals surface area contributed by atoms with E-state index in [1.807, 2.05) is 0 Å². The molecule has 0 saturated heterocycles. The third-order valence-corrected chi connectivity index (χ3v) is 4.90. The van der Waals surface area contributed by atoms with E-state index in [4.69, 9.17) is 21.1 Å². The van der Waals surface area contributed by atoms with Crippen molar-refractivity contribution in [2.24, 2.45) is 0 Å². The molecule has 1 amide bonds. The number of alkyl halides is 1. The predicted molar refractivity (Wildman–Crippen MR) is 104 cm³/mol. The second-order valence-corrected chi connectivity index (χ2v) is 6.95. The molecular formula is C20H26ClNO5. The van der Waals surface area contributed by atoms with Gasteiger partial charge in [0.05, 0.1) is 13.7 Å². The van der Waals surface area contributed by atoms with Crippen LogP contribution in [0.5, 0.6) is 11.5 Å². The van der Waals surface area contributed by atoms with E-state index in [1.54, 1.807) is 31.4 Å². The fourth-order valence-electron chi connectivity index (χ4n) is 3.14. The summed E-state index contributed by atoms with van der Waals surface area (Å²) in [4.78, 5) is 23.9. The second-order valence-electron chi connectivity index (χ2n) is 6.57. The number of rotatable bonds is 9. The number of benzene rings is 1. The number of carboxylic acids is 1. The van der Waals surface area contributed by atoms with Crippen molar-refractivity contribution in [2.75, 3.05) is 19.6 Å². The molecule has 148 valence electrons. The number of carbonyl (C=O) groups is 2. The quantitative estimate of drug-likeness (QED) is 0.379. The summed E-state index contributed by atoms with van der Waals surface area (Å²) in [6.07, 6.45) is 7.24. The molecule has 1 aromatic rings. The fourth-order valence-corrected chi connectivity index (χ4v) is 3.25. The van der Waals surface area contributed by atoms with Crippen molar-refractivity contribution in [1.29, 1.82) is 0 Å². The van der Waals surface area contributed by atoms with Gasteiger partial charge in [-0.25, -0.2) is 4.79 Å². The number of ether oxygens (including phenoxy) is 2. The summed E-state index contributed by atoms with van der Waals surface area (Å²) in [5.41, 5.74) is -0.406. The van der Waals surface area contributed by atoms with Gasteiger partial charge in [0.15, 0.2) is 11.5 Å².